The van der Waals surface area contributed by atoms with Crippen molar-refractivity contribution >= 4 is 10.0 Å². The summed E-state index contributed by atoms with van der Waals surface area (Å²) in [6, 6.07) is 15.9. The number of hydrogen-bond donors (Lipinski definition) is 0. The van der Waals surface area contributed by atoms with E-state index in [1.54, 1.807) is 24.3 Å². The smallest absolute Gasteiger partial charge is 0.245 e. The highest BCUT2D eigenvalue weighted by Crippen LogP contribution is 2.32. The summed E-state index contributed by atoms with van der Waals surface area (Å²) in [5.74, 6) is 0.654. The highest BCUT2D eigenvalue weighted by Gasteiger charge is 2.37. The maximum Gasteiger partial charge on any atom is 0.245 e. The number of ether oxygens (including phenoxy) is 2. The Balaban J connectivity index is 1.86. The quantitative estimate of drug-likeness (QED) is 0.833. The molecule has 0 aromatic heterocycles. The van der Waals surface area contributed by atoms with Crippen LogP contribution in [0.1, 0.15) is 25.6 Å². The summed E-state index contributed by atoms with van der Waals surface area (Å²) in [4.78, 5) is 0.241. The van der Waals surface area contributed by atoms with Crippen molar-refractivity contribution in [1.29, 1.82) is 0 Å². The van der Waals surface area contributed by atoms with Crippen LogP contribution in [0.3, 0.4) is 0 Å². The molecule has 128 valence electrons. The molecule has 1 atom stereocenters. The molecule has 1 saturated heterocycles. The first kappa shape index (κ1) is 17.0. The van der Waals surface area contributed by atoms with Crippen LogP contribution in [0.15, 0.2) is 59.5 Å². The zero-order chi connectivity index (χ0) is 17.2. The molecule has 5 nitrogen and oxygen atoms in total. The lowest BCUT2D eigenvalue weighted by atomic mass is 10.2. The minimum Gasteiger partial charge on any atom is -0.491 e. The molecule has 1 fully saturated rings. The Hall–Kier alpha value is -1.89. The van der Waals surface area contributed by atoms with Gasteiger partial charge in [-0.3, -0.25) is 0 Å². The van der Waals surface area contributed by atoms with Crippen molar-refractivity contribution in [2.75, 3.05) is 13.2 Å². The first-order valence-corrected chi connectivity index (χ1v) is 9.37. The Morgan fingerprint density at radius 2 is 1.75 bits per heavy atom. The van der Waals surface area contributed by atoms with Crippen molar-refractivity contribution in [3.8, 4) is 5.75 Å². The van der Waals surface area contributed by atoms with Gasteiger partial charge in [0.15, 0.2) is 0 Å². The van der Waals surface area contributed by atoms with E-state index in [0.717, 1.165) is 5.56 Å². The first-order valence-electron chi connectivity index (χ1n) is 7.93. The maximum absolute atomic E-state index is 13.0. The van der Waals surface area contributed by atoms with E-state index in [0.29, 0.717) is 18.9 Å². The molecule has 0 N–H and O–H groups in total. The molecular formula is C18H21NO4S. The standard InChI is InChI=1S/C18H21NO4S/c1-14(2)23-16-8-10-17(11-9-16)24(20,21)19-12-13-22-18(19)15-6-4-3-5-7-15/h3-11,14,18H,12-13H2,1-2H3. The van der Waals surface area contributed by atoms with Gasteiger partial charge in [0.05, 0.1) is 17.6 Å². The fourth-order valence-electron chi connectivity index (χ4n) is 2.68. The second-order valence-electron chi connectivity index (χ2n) is 5.89. The van der Waals surface area contributed by atoms with Crippen LogP contribution < -0.4 is 4.74 Å². The van der Waals surface area contributed by atoms with Gasteiger partial charge in [0.1, 0.15) is 12.0 Å². The van der Waals surface area contributed by atoms with Crippen molar-refractivity contribution in [1.82, 2.24) is 4.31 Å². The molecule has 0 amide bonds. The van der Waals surface area contributed by atoms with E-state index >= 15 is 0 Å². The van der Waals surface area contributed by atoms with Crippen LogP contribution in [0, 0.1) is 0 Å². The lowest BCUT2D eigenvalue weighted by Gasteiger charge is -2.23. The molecule has 2 aromatic rings. The van der Waals surface area contributed by atoms with Crippen LogP contribution in [0.4, 0.5) is 0 Å². The number of nitrogens with zero attached hydrogens (tertiary/aromatic N) is 1. The average Bonchev–Trinajstić information content (AvgIpc) is 3.06. The molecule has 0 saturated carbocycles. The Labute approximate surface area is 142 Å². The molecule has 1 aliphatic rings. The zero-order valence-corrected chi connectivity index (χ0v) is 14.6. The molecule has 1 aliphatic heterocycles. The van der Waals surface area contributed by atoms with E-state index in [2.05, 4.69) is 0 Å². The summed E-state index contributed by atoms with van der Waals surface area (Å²) in [5, 5.41) is 0. The van der Waals surface area contributed by atoms with Crippen LogP contribution in [-0.4, -0.2) is 32.0 Å². The summed E-state index contributed by atoms with van der Waals surface area (Å²) >= 11 is 0. The van der Waals surface area contributed by atoms with Crippen molar-refractivity contribution < 1.29 is 17.9 Å². The lowest BCUT2D eigenvalue weighted by molar-refractivity contribution is 0.0683. The topological polar surface area (TPSA) is 55.8 Å². The molecule has 6 heteroatoms. The van der Waals surface area contributed by atoms with Gasteiger partial charge in [-0.2, -0.15) is 4.31 Å². The summed E-state index contributed by atoms with van der Waals surface area (Å²) in [7, 11) is -3.63. The molecule has 2 aromatic carbocycles. The predicted molar refractivity (Wildman–Crippen MR) is 91.2 cm³/mol. The van der Waals surface area contributed by atoms with Gasteiger partial charge in [0, 0.05) is 6.54 Å². The fourth-order valence-corrected chi connectivity index (χ4v) is 4.18. The molecule has 1 unspecified atom stereocenters. The van der Waals surface area contributed by atoms with Gasteiger partial charge >= 0.3 is 0 Å². The number of hydrogen-bond acceptors (Lipinski definition) is 4. The molecule has 0 spiro atoms. The van der Waals surface area contributed by atoms with Crippen molar-refractivity contribution in [3.63, 3.8) is 0 Å². The Morgan fingerprint density at radius 3 is 2.38 bits per heavy atom. The maximum atomic E-state index is 13.0. The van der Waals surface area contributed by atoms with Crippen LogP contribution in [0.5, 0.6) is 5.75 Å². The van der Waals surface area contributed by atoms with Crippen LogP contribution in [-0.2, 0) is 14.8 Å². The average molecular weight is 347 g/mol. The van der Waals surface area contributed by atoms with Crippen molar-refractivity contribution in [2.45, 2.75) is 31.1 Å². The highest BCUT2D eigenvalue weighted by atomic mass is 32.2. The summed E-state index contributed by atoms with van der Waals surface area (Å²) in [6.45, 7) is 4.58. The Bertz CT molecular complexity index is 772. The number of rotatable bonds is 5. The predicted octanol–water partition coefficient (Wildman–Crippen LogP) is 3.19. The van der Waals surface area contributed by atoms with Gasteiger partial charge in [-0.25, -0.2) is 8.42 Å². The minimum atomic E-state index is -3.63. The van der Waals surface area contributed by atoms with Crippen LogP contribution in [0.25, 0.3) is 0 Å². The van der Waals surface area contributed by atoms with Crippen LogP contribution >= 0.6 is 0 Å². The molecule has 0 bridgehead atoms. The highest BCUT2D eigenvalue weighted by molar-refractivity contribution is 7.89. The first-order chi connectivity index (χ1) is 11.5. The zero-order valence-electron chi connectivity index (χ0n) is 13.8. The molecule has 0 aliphatic carbocycles. The van der Waals surface area contributed by atoms with E-state index in [9.17, 15) is 8.42 Å². The molecule has 3 rings (SSSR count). The second-order valence-corrected chi connectivity index (χ2v) is 7.78. The van der Waals surface area contributed by atoms with Gasteiger partial charge in [0.25, 0.3) is 0 Å². The number of benzene rings is 2. The van der Waals surface area contributed by atoms with Gasteiger partial charge in [-0.1, -0.05) is 30.3 Å². The van der Waals surface area contributed by atoms with Gasteiger partial charge in [-0.15, -0.1) is 0 Å². The van der Waals surface area contributed by atoms with Gasteiger partial charge in [0.2, 0.25) is 10.0 Å². The van der Waals surface area contributed by atoms with E-state index in [-0.39, 0.29) is 11.0 Å². The SMILES string of the molecule is CC(C)Oc1ccc(S(=O)(=O)N2CCOC2c2ccccc2)cc1. The van der Waals surface area contributed by atoms with E-state index < -0.39 is 16.3 Å². The minimum absolute atomic E-state index is 0.0434. The fraction of sp³-hybridized carbons (Fsp3) is 0.333. The molecule has 24 heavy (non-hydrogen) atoms. The van der Waals surface area contributed by atoms with E-state index in [1.165, 1.54) is 4.31 Å². The third-order valence-electron chi connectivity index (χ3n) is 3.74. The second kappa shape index (κ2) is 6.93. The van der Waals surface area contributed by atoms with Crippen molar-refractivity contribution in [3.05, 3.63) is 60.2 Å². The normalized spacial score (nSPS) is 18.9. The van der Waals surface area contributed by atoms with Crippen LogP contribution in [0.2, 0.25) is 0 Å². The Kier molecular flexibility index (Phi) is 4.89. The molecular weight excluding hydrogens is 326 g/mol. The van der Waals surface area contributed by atoms with Gasteiger partial charge < -0.3 is 9.47 Å². The van der Waals surface area contributed by atoms with Gasteiger partial charge in [-0.05, 0) is 43.7 Å². The monoisotopic (exact) mass is 347 g/mol. The third-order valence-corrected chi connectivity index (χ3v) is 5.60. The third kappa shape index (κ3) is 3.45. The Morgan fingerprint density at radius 1 is 1.08 bits per heavy atom. The molecule has 1 heterocycles. The summed E-state index contributed by atoms with van der Waals surface area (Å²) in [5.41, 5.74) is 0.832. The van der Waals surface area contributed by atoms with E-state index in [4.69, 9.17) is 9.47 Å². The van der Waals surface area contributed by atoms with Crippen molar-refractivity contribution in [2.24, 2.45) is 0 Å². The largest absolute Gasteiger partial charge is 0.491 e. The molecule has 0 radical (unpaired) electrons. The summed E-state index contributed by atoms with van der Waals surface area (Å²) < 4.78 is 38.5. The number of sulfonamides is 1. The summed E-state index contributed by atoms with van der Waals surface area (Å²) in [6.07, 6.45) is -0.537. The lowest BCUT2D eigenvalue weighted by Crippen LogP contribution is -2.31. The van der Waals surface area contributed by atoms with E-state index in [1.807, 2.05) is 44.2 Å².